The summed E-state index contributed by atoms with van der Waals surface area (Å²) in [5, 5.41) is 4.31. The lowest BCUT2D eigenvalue weighted by atomic mass is 10.1. The van der Waals surface area contributed by atoms with Crippen LogP contribution in [0.4, 0.5) is 11.4 Å². The number of carbonyl (C=O) groups is 2. The van der Waals surface area contributed by atoms with Gasteiger partial charge in [0.05, 0.1) is 16.6 Å². The molecule has 2 aromatic carbocycles. The van der Waals surface area contributed by atoms with E-state index in [1.807, 2.05) is 6.92 Å². The fraction of sp³-hybridized carbons (Fsp3) is 0.222. The van der Waals surface area contributed by atoms with Gasteiger partial charge in [0, 0.05) is 28.7 Å². The molecule has 2 amide bonds. The zero-order valence-electron chi connectivity index (χ0n) is 13.4. The minimum Gasteiger partial charge on any atom is -0.325 e. The number of nitrogens with zero attached hydrogens (tertiary/aromatic N) is 1. The van der Waals surface area contributed by atoms with Gasteiger partial charge in [0.25, 0.3) is 0 Å². The van der Waals surface area contributed by atoms with Gasteiger partial charge in [-0.15, -0.1) is 0 Å². The van der Waals surface area contributed by atoms with E-state index >= 15 is 0 Å². The molecule has 0 aliphatic carbocycles. The summed E-state index contributed by atoms with van der Waals surface area (Å²) in [6, 6.07) is 10.2. The average Bonchev–Trinajstić information content (AvgIpc) is 2.94. The highest BCUT2D eigenvalue weighted by Crippen LogP contribution is 2.33. The van der Waals surface area contributed by atoms with E-state index < -0.39 is 5.92 Å². The molecule has 2 aromatic rings. The first kappa shape index (κ1) is 18.1. The van der Waals surface area contributed by atoms with Crippen LogP contribution in [-0.2, 0) is 9.59 Å². The van der Waals surface area contributed by atoms with Crippen LogP contribution in [0.5, 0.6) is 0 Å². The molecule has 7 heteroatoms. The summed E-state index contributed by atoms with van der Waals surface area (Å²) in [6.07, 6.45) is 0.129. The molecule has 1 heterocycles. The van der Waals surface area contributed by atoms with Crippen LogP contribution < -0.4 is 10.2 Å². The molecule has 4 nitrogen and oxygen atoms in total. The molecule has 0 spiro atoms. The Morgan fingerprint density at radius 3 is 2.64 bits per heavy atom. The third kappa shape index (κ3) is 3.76. The highest BCUT2D eigenvalue weighted by molar-refractivity contribution is 6.37. The van der Waals surface area contributed by atoms with E-state index in [2.05, 4.69) is 5.32 Å². The maximum absolute atomic E-state index is 12.6. The van der Waals surface area contributed by atoms with Crippen molar-refractivity contribution >= 4 is 58.0 Å². The Hall–Kier alpha value is -1.75. The minimum absolute atomic E-state index is 0.129. The van der Waals surface area contributed by atoms with Crippen molar-refractivity contribution in [2.75, 3.05) is 16.8 Å². The first-order valence-electron chi connectivity index (χ1n) is 7.68. The lowest BCUT2D eigenvalue weighted by Gasteiger charge is -2.18. The zero-order chi connectivity index (χ0) is 18.1. The summed E-state index contributed by atoms with van der Waals surface area (Å²) >= 11 is 18.1. The van der Waals surface area contributed by atoms with Gasteiger partial charge in [-0.25, -0.2) is 0 Å². The standard InChI is InChI=1S/C18H15Cl3N2O2/c1-10-13(20)3-2-4-15(10)22-18(25)11-7-17(24)23(9-11)16-6-5-12(19)8-14(16)21/h2-6,8,11H,7,9H2,1H3,(H,22,25). The van der Waals surface area contributed by atoms with Crippen LogP contribution in [0.2, 0.25) is 15.1 Å². The second-order valence-corrected chi connectivity index (χ2v) is 7.15. The van der Waals surface area contributed by atoms with Crippen molar-refractivity contribution in [3.8, 4) is 0 Å². The van der Waals surface area contributed by atoms with Gasteiger partial charge >= 0.3 is 0 Å². The molecular formula is C18H15Cl3N2O2. The lowest BCUT2D eigenvalue weighted by molar-refractivity contribution is -0.122. The molecule has 0 bridgehead atoms. The van der Waals surface area contributed by atoms with E-state index in [0.717, 1.165) is 5.56 Å². The molecule has 1 N–H and O–H groups in total. The maximum atomic E-state index is 12.6. The third-order valence-electron chi connectivity index (χ3n) is 4.22. The molecule has 3 rings (SSSR count). The van der Waals surface area contributed by atoms with Gasteiger partial charge in [0.1, 0.15) is 0 Å². The Balaban J connectivity index is 1.75. The van der Waals surface area contributed by atoms with Crippen molar-refractivity contribution in [3.05, 3.63) is 57.0 Å². The Morgan fingerprint density at radius 2 is 1.92 bits per heavy atom. The van der Waals surface area contributed by atoms with Gasteiger partial charge in [-0.1, -0.05) is 40.9 Å². The number of hydrogen-bond donors (Lipinski definition) is 1. The Bertz CT molecular complexity index is 854. The molecule has 0 saturated carbocycles. The van der Waals surface area contributed by atoms with E-state index in [1.165, 1.54) is 4.90 Å². The fourth-order valence-corrected chi connectivity index (χ4v) is 3.48. The summed E-state index contributed by atoms with van der Waals surface area (Å²) in [7, 11) is 0. The SMILES string of the molecule is Cc1c(Cl)cccc1NC(=O)C1CC(=O)N(c2ccc(Cl)cc2Cl)C1. The molecule has 0 aromatic heterocycles. The number of halogens is 3. The lowest BCUT2D eigenvalue weighted by Crippen LogP contribution is -2.28. The molecule has 1 aliphatic heterocycles. The summed E-state index contributed by atoms with van der Waals surface area (Å²) in [4.78, 5) is 26.4. The Kier molecular flexibility index (Phi) is 5.23. The molecule has 25 heavy (non-hydrogen) atoms. The predicted molar refractivity (Wildman–Crippen MR) is 102 cm³/mol. The quantitative estimate of drug-likeness (QED) is 0.797. The van der Waals surface area contributed by atoms with Crippen molar-refractivity contribution in [1.29, 1.82) is 0 Å². The molecule has 0 radical (unpaired) electrons. The number of anilines is 2. The van der Waals surface area contributed by atoms with Crippen molar-refractivity contribution in [2.45, 2.75) is 13.3 Å². The number of amides is 2. The smallest absolute Gasteiger partial charge is 0.229 e. The average molecular weight is 398 g/mol. The van der Waals surface area contributed by atoms with Crippen LogP contribution in [0.25, 0.3) is 0 Å². The first-order valence-corrected chi connectivity index (χ1v) is 8.81. The molecule has 1 fully saturated rings. The normalized spacial score (nSPS) is 17.0. The van der Waals surface area contributed by atoms with Gasteiger partial charge in [0.2, 0.25) is 11.8 Å². The highest BCUT2D eigenvalue weighted by atomic mass is 35.5. The van der Waals surface area contributed by atoms with Gasteiger partial charge < -0.3 is 10.2 Å². The number of benzene rings is 2. The third-order valence-corrected chi connectivity index (χ3v) is 5.17. The molecule has 130 valence electrons. The van der Waals surface area contributed by atoms with E-state index in [9.17, 15) is 9.59 Å². The molecule has 1 aliphatic rings. The van der Waals surface area contributed by atoms with Gasteiger partial charge in [-0.3, -0.25) is 9.59 Å². The van der Waals surface area contributed by atoms with Crippen LogP contribution in [0.15, 0.2) is 36.4 Å². The van der Waals surface area contributed by atoms with Crippen molar-refractivity contribution in [3.63, 3.8) is 0 Å². The minimum atomic E-state index is -0.461. The van der Waals surface area contributed by atoms with E-state index in [4.69, 9.17) is 34.8 Å². The van der Waals surface area contributed by atoms with E-state index in [1.54, 1.807) is 36.4 Å². The van der Waals surface area contributed by atoms with Crippen LogP contribution in [-0.4, -0.2) is 18.4 Å². The molecule has 1 atom stereocenters. The van der Waals surface area contributed by atoms with Crippen molar-refractivity contribution < 1.29 is 9.59 Å². The maximum Gasteiger partial charge on any atom is 0.229 e. The number of rotatable bonds is 3. The van der Waals surface area contributed by atoms with Crippen molar-refractivity contribution in [1.82, 2.24) is 0 Å². The summed E-state index contributed by atoms with van der Waals surface area (Å²) in [5.74, 6) is -0.823. The van der Waals surface area contributed by atoms with E-state index in [0.29, 0.717) is 26.4 Å². The first-order chi connectivity index (χ1) is 11.9. The fourth-order valence-electron chi connectivity index (χ4n) is 2.79. The predicted octanol–water partition coefficient (Wildman–Crippen LogP) is 4.95. The summed E-state index contributed by atoms with van der Waals surface area (Å²) < 4.78 is 0. The van der Waals surface area contributed by atoms with Crippen LogP contribution in [0, 0.1) is 12.8 Å². The molecule has 1 saturated heterocycles. The Morgan fingerprint density at radius 1 is 1.16 bits per heavy atom. The van der Waals surface area contributed by atoms with Crippen LogP contribution in [0.3, 0.4) is 0 Å². The molecule has 1 unspecified atom stereocenters. The largest absolute Gasteiger partial charge is 0.325 e. The summed E-state index contributed by atoms with van der Waals surface area (Å²) in [6.45, 7) is 2.10. The second-order valence-electron chi connectivity index (χ2n) is 5.90. The van der Waals surface area contributed by atoms with Crippen molar-refractivity contribution in [2.24, 2.45) is 5.92 Å². The summed E-state index contributed by atoms with van der Waals surface area (Å²) in [5.41, 5.74) is 2.00. The van der Waals surface area contributed by atoms with E-state index in [-0.39, 0.29) is 24.8 Å². The van der Waals surface area contributed by atoms with Gasteiger partial charge in [0.15, 0.2) is 0 Å². The monoisotopic (exact) mass is 396 g/mol. The van der Waals surface area contributed by atoms with Gasteiger partial charge in [-0.05, 0) is 42.8 Å². The zero-order valence-corrected chi connectivity index (χ0v) is 15.6. The number of nitrogens with one attached hydrogen (secondary N) is 1. The number of hydrogen-bond acceptors (Lipinski definition) is 2. The van der Waals surface area contributed by atoms with Crippen LogP contribution in [0.1, 0.15) is 12.0 Å². The van der Waals surface area contributed by atoms with Gasteiger partial charge in [-0.2, -0.15) is 0 Å². The second kappa shape index (κ2) is 7.24. The van der Waals surface area contributed by atoms with Crippen LogP contribution >= 0.6 is 34.8 Å². The highest BCUT2D eigenvalue weighted by Gasteiger charge is 2.36. The Labute approximate surface area is 160 Å². The topological polar surface area (TPSA) is 49.4 Å². The molecular weight excluding hydrogens is 383 g/mol. The number of carbonyl (C=O) groups excluding carboxylic acids is 2.